The van der Waals surface area contributed by atoms with Crippen LogP contribution >= 0.6 is 0 Å². The van der Waals surface area contributed by atoms with Gasteiger partial charge in [0.25, 0.3) is 0 Å². The summed E-state index contributed by atoms with van der Waals surface area (Å²) < 4.78 is 1.76. The molecule has 68 valence electrons. The van der Waals surface area contributed by atoms with Gasteiger partial charge in [-0.1, -0.05) is 13.8 Å². The van der Waals surface area contributed by atoms with Crippen molar-refractivity contribution in [3.05, 3.63) is 18.5 Å². The van der Waals surface area contributed by atoms with Crippen LogP contribution in [0.5, 0.6) is 0 Å². The molecule has 1 rings (SSSR count). The molecule has 0 fully saturated rings. The average Bonchev–Trinajstić information content (AvgIpc) is 2.37. The zero-order valence-electron chi connectivity index (χ0n) is 7.64. The van der Waals surface area contributed by atoms with Crippen molar-refractivity contribution in [3.63, 3.8) is 0 Å². The van der Waals surface area contributed by atoms with Crippen LogP contribution in [0.3, 0.4) is 0 Å². The third-order valence-electron chi connectivity index (χ3n) is 1.70. The van der Waals surface area contributed by atoms with Crippen LogP contribution < -0.4 is 0 Å². The molecule has 0 amide bonds. The molecule has 0 bridgehead atoms. The summed E-state index contributed by atoms with van der Waals surface area (Å²) in [5.74, 6) is 0.538. The molecule has 0 radical (unpaired) electrons. The minimum atomic E-state index is -0.273. The molecule has 0 spiro atoms. The molecule has 1 aromatic rings. The zero-order chi connectivity index (χ0) is 8.97. The second kappa shape index (κ2) is 4.26. The second-order valence-electron chi connectivity index (χ2n) is 3.51. The van der Waals surface area contributed by atoms with Crippen molar-refractivity contribution < 1.29 is 5.11 Å². The Balaban J connectivity index is 2.32. The van der Waals surface area contributed by atoms with Gasteiger partial charge in [-0.3, -0.25) is 4.68 Å². The number of aliphatic hydroxyl groups is 1. The summed E-state index contributed by atoms with van der Waals surface area (Å²) in [6.45, 7) is 4.81. The molecule has 0 aromatic carbocycles. The van der Waals surface area contributed by atoms with Crippen LogP contribution in [0.2, 0.25) is 0 Å². The first kappa shape index (κ1) is 9.26. The molecule has 0 saturated carbocycles. The molecule has 3 nitrogen and oxygen atoms in total. The van der Waals surface area contributed by atoms with Gasteiger partial charge in [-0.2, -0.15) is 5.10 Å². The van der Waals surface area contributed by atoms with Crippen molar-refractivity contribution >= 4 is 0 Å². The summed E-state index contributed by atoms with van der Waals surface area (Å²) in [6, 6.07) is 1.86. The Kier molecular flexibility index (Phi) is 3.29. The summed E-state index contributed by atoms with van der Waals surface area (Å²) in [5.41, 5.74) is 0. The van der Waals surface area contributed by atoms with E-state index in [2.05, 4.69) is 18.9 Å². The summed E-state index contributed by atoms with van der Waals surface area (Å²) in [5, 5.41) is 13.6. The number of hydrogen-bond acceptors (Lipinski definition) is 2. The second-order valence-corrected chi connectivity index (χ2v) is 3.51. The Morgan fingerprint density at radius 1 is 1.50 bits per heavy atom. The molecule has 1 N–H and O–H groups in total. The highest BCUT2D eigenvalue weighted by Gasteiger charge is 2.06. The van der Waals surface area contributed by atoms with Crippen LogP contribution in [0, 0.1) is 5.92 Å². The average molecular weight is 168 g/mol. The lowest BCUT2D eigenvalue weighted by molar-refractivity contribution is 0.125. The van der Waals surface area contributed by atoms with Gasteiger partial charge in [-0.25, -0.2) is 0 Å². The molecule has 1 aromatic heterocycles. The first-order chi connectivity index (χ1) is 5.68. The highest BCUT2D eigenvalue weighted by molar-refractivity contribution is 4.78. The van der Waals surface area contributed by atoms with Gasteiger partial charge in [0.2, 0.25) is 0 Å². The number of nitrogens with zero attached hydrogens (tertiary/aromatic N) is 2. The molecule has 0 aliphatic heterocycles. The number of hydrogen-bond donors (Lipinski definition) is 1. The zero-order valence-corrected chi connectivity index (χ0v) is 7.64. The third kappa shape index (κ3) is 3.05. The molecule has 1 atom stereocenters. The van der Waals surface area contributed by atoms with Gasteiger partial charge in [0.05, 0.1) is 12.6 Å². The van der Waals surface area contributed by atoms with E-state index in [0.717, 1.165) is 6.42 Å². The maximum absolute atomic E-state index is 9.53. The molecule has 0 saturated heterocycles. The van der Waals surface area contributed by atoms with E-state index in [-0.39, 0.29) is 6.10 Å². The fourth-order valence-electron chi connectivity index (χ4n) is 1.24. The molecular formula is C9H16N2O. The maximum atomic E-state index is 9.53. The predicted molar refractivity (Wildman–Crippen MR) is 47.7 cm³/mol. The topological polar surface area (TPSA) is 38.0 Å². The summed E-state index contributed by atoms with van der Waals surface area (Å²) in [4.78, 5) is 0. The van der Waals surface area contributed by atoms with E-state index in [1.807, 2.05) is 12.3 Å². The smallest absolute Gasteiger partial charge is 0.0738 e. The van der Waals surface area contributed by atoms with Crippen molar-refractivity contribution in [2.75, 3.05) is 0 Å². The highest BCUT2D eigenvalue weighted by Crippen LogP contribution is 2.05. The van der Waals surface area contributed by atoms with E-state index in [1.54, 1.807) is 10.9 Å². The lowest BCUT2D eigenvalue weighted by Gasteiger charge is -2.12. The number of rotatable bonds is 4. The van der Waals surface area contributed by atoms with Gasteiger partial charge in [-0.05, 0) is 18.4 Å². The van der Waals surface area contributed by atoms with Crippen molar-refractivity contribution in [1.82, 2.24) is 9.78 Å². The largest absolute Gasteiger partial charge is 0.391 e. The minimum Gasteiger partial charge on any atom is -0.391 e. The van der Waals surface area contributed by atoms with E-state index in [4.69, 9.17) is 0 Å². The van der Waals surface area contributed by atoms with Gasteiger partial charge in [0.1, 0.15) is 0 Å². The van der Waals surface area contributed by atoms with Crippen LogP contribution in [-0.2, 0) is 6.54 Å². The van der Waals surface area contributed by atoms with E-state index in [0.29, 0.717) is 12.5 Å². The molecule has 0 aliphatic carbocycles. The Labute approximate surface area is 73.0 Å². The maximum Gasteiger partial charge on any atom is 0.0738 e. The molecule has 12 heavy (non-hydrogen) atoms. The van der Waals surface area contributed by atoms with E-state index < -0.39 is 0 Å². The minimum absolute atomic E-state index is 0.273. The van der Waals surface area contributed by atoms with Gasteiger partial charge in [-0.15, -0.1) is 0 Å². The lowest BCUT2D eigenvalue weighted by Crippen LogP contribution is -2.18. The van der Waals surface area contributed by atoms with Crippen molar-refractivity contribution in [2.24, 2.45) is 5.92 Å². The Morgan fingerprint density at radius 3 is 2.75 bits per heavy atom. The molecule has 0 aliphatic rings. The van der Waals surface area contributed by atoms with Crippen molar-refractivity contribution in [3.8, 4) is 0 Å². The van der Waals surface area contributed by atoms with Gasteiger partial charge < -0.3 is 5.11 Å². The van der Waals surface area contributed by atoms with Crippen LogP contribution in [0.25, 0.3) is 0 Å². The Morgan fingerprint density at radius 2 is 2.25 bits per heavy atom. The van der Waals surface area contributed by atoms with Gasteiger partial charge in [0.15, 0.2) is 0 Å². The summed E-state index contributed by atoms with van der Waals surface area (Å²) in [7, 11) is 0. The normalized spacial score (nSPS) is 13.7. The molecule has 1 heterocycles. The molecule has 1 unspecified atom stereocenters. The molecule has 3 heteroatoms. The fraction of sp³-hybridized carbons (Fsp3) is 0.667. The van der Waals surface area contributed by atoms with Gasteiger partial charge >= 0.3 is 0 Å². The predicted octanol–water partition coefficient (Wildman–Crippen LogP) is 1.29. The SMILES string of the molecule is CC(C)CC(O)Cn1cccn1. The van der Waals surface area contributed by atoms with Crippen LogP contribution in [-0.4, -0.2) is 21.0 Å². The summed E-state index contributed by atoms with van der Waals surface area (Å²) >= 11 is 0. The van der Waals surface area contributed by atoms with Crippen LogP contribution in [0.4, 0.5) is 0 Å². The number of aliphatic hydroxyl groups excluding tert-OH is 1. The Bertz CT molecular complexity index is 206. The van der Waals surface area contributed by atoms with Crippen molar-refractivity contribution in [2.45, 2.75) is 32.9 Å². The first-order valence-corrected chi connectivity index (χ1v) is 4.34. The van der Waals surface area contributed by atoms with E-state index in [9.17, 15) is 5.11 Å². The summed E-state index contributed by atoms with van der Waals surface area (Å²) in [6.07, 6.45) is 4.15. The quantitative estimate of drug-likeness (QED) is 0.735. The van der Waals surface area contributed by atoms with E-state index in [1.165, 1.54) is 0 Å². The van der Waals surface area contributed by atoms with Crippen LogP contribution in [0.1, 0.15) is 20.3 Å². The van der Waals surface area contributed by atoms with Crippen LogP contribution in [0.15, 0.2) is 18.5 Å². The third-order valence-corrected chi connectivity index (χ3v) is 1.70. The van der Waals surface area contributed by atoms with Crippen molar-refractivity contribution in [1.29, 1.82) is 0 Å². The van der Waals surface area contributed by atoms with Gasteiger partial charge in [0, 0.05) is 12.4 Å². The lowest BCUT2D eigenvalue weighted by atomic mass is 10.1. The molecular weight excluding hydrogens is 152 g/mol. The van der Waals surface area contributed by atoms with E-state index >= 15 is 0 Å². The Hall–Kier alpha value is -0.830. The standard InChI is InChI=1S/C9H16N2O/c1-8(2)6-9(12)7-11-5-3-4-10-11/h3-5,8-9,12H,6-7H2,1-2H3. The fourth-order valence-corrected chi connectivity index (χ4v) is 1.24. The highest BCUT2D eigenvalue weighted by atomic mass is 16.3. The first-order valence-electron chi connectivity index (χ1n) is 4.34. The number of aromatic nitrogens is 2. The monoisotopic (exact) mass is 168 g/mol.